The van der Waals surface area contributed by atoms with E-state index < -0.39 is 0 Å². The van der Waals surface area contributed by atoms with Gasteiger partial charge in [-0.15, -0.1) is 0 Å². The fourth-order valence-electron chi connectivity index (χ4n) is 9.35. The Morgan fingerprint density at radius 3 is 1.01 bits per heavy atom. The number of rotatable bonds is 9. The van der Waals surface area contributed by atoms with Gasteiger partial charge in [-0.2, -0.15) is 0 Å². The van der Waals surface area contributed by atoms with Crippen LogP contribution in [0.15, 0.2) is 255 Å². The summed E-state index contributed by atoms with van der Waals surface area (Å²) in [6.45, 7) is 0. The van der Waals surface area contributed by atoms with Gasteiger partial charge in [-0.05, 0) is 74.8 Å². The van der Waals surface area contributed by atoms with Crippen LogP contribution in [0.2, 0.25) is 0 Å². The molecule has 4 heteroatoms. The molecule has 0 aliphatic carbocycles. The molecule has 0 radical (unpaired) electrons. The van der Waals surface area contributed by atoms with Gasteiger partial charge in [-0.25, -0.2) is 15.0 Å². The third-order valence-electron chi connectivity index (χ3n) is 12.7. The van der Waals surface area contributed by atoms with Crippen LogP contribution < -0.4 is 0 Å². The molecule has 0 amide bonds. The van der Waals surface area contributed by atoms with E-state index in [1.165, 1.54) is 33.0 Å². The van der Waals surface area contributed by atoms with Crippen LogP contribution in [0.1, 0.15) is 0 Å². The Balaban J connectivity index is 1.17. The third kappa shape index (κ3) is 7.57. The molecule has 12 aromatic rings. The molecule has 0 N–H and O–H groups in total. The molecular weight excluding hydrogens is 813 g/mol. The van der Waals surface area contributed by atoms with Crippen LogP contribution in [0, 0.1) is 0 Å². The second kappa shape index (κ2) is 17.2. The average molecular weight is 855 g/mol. The van der Waals surface area contributed by atoms with Crippen molar-refractivity contribution in [2.24, 2.45) is 0 Å². The minimum absolute atomic E-state index is 0.596. The van der Waals surface area contributed by atoms with E-state index in [4.69, 9.17) is 15.0 Å². The highest BCUT2D eigenvalue weighted by molar-refractivity contribution is 6.12. The zero-order valence-corrected chi connectivity index (χ0v) is 36.5. The highest BCUT2D eigenvalue weighted by atomic mass is 15.0. The molecule has 0 saturated carbocycles. The second-order valence-electron chi connectivity index (χ2n) is 16.8. The van der Waals surface area contributed by atoms with Gasteiger partial charge in [0.15, 0.2) is 17.5 Å². The maximum Gasteiger partial charge on any atom is 0.164 e. The van der Waals surface area contributed by atoms with E-state index in [2.05, 4.69) is 223 Å². The van der Waals surface area contributed by atoms with Crippen molar-refractivity contribution in [2.75, 3.05) is 0 Å². The lowest BCUT2D eigenvalue weighted by molar-refractivity contribution is 1.07. The lowest BCUT2D eigenvalue weighted by Crippen LogP contribution is -2.04. The maximum atomic E-state index is 5.28. The largest absolute Gasteiger partial charge is 0.308 e. The van der Waals surface area contributed by atoms with Crippen molar-refractivity contribution in [3.63, 3.8) is 0 Å². The summed E-state index contributed by atoms with van der Waals surface area (Å²) in [4.78, 5) is 15.6. The van der Waals surface area contributed by atoms with Gasteiger partial charge in [0.05, 0.1) is 16.7 Å². The van der Waals surface area contributed by atoms with Crippen molar-refractivity contribution in [1.29, 1.82) is 0 Å². The Bertz CT molecular complexity index is 3520. The van der Waals surface area contributed by atoms with E-state index in [1.807, 2.05) is 36.4 Å². The van der Waals surface area contributed by atoms with E-state index in [9.17, 15) is 0 Å². The van der Waals surface area contributed by atoms with Gasteiger partial charge in [0, 0.05) is 38.6 Å². The molecule has 10 aromatic carbocycles. The smallest absolute Gasteiger partial charge is 0.164 e. The number of hydrogen-bond acceptors (Lipinski definition) is 3. The van der Waals surface area contributed by atoms with Crippen molar-refractivity contribution in [3.8, 4) is 95.5 Å². The molecule has 2 aromatic heterocycles. The zero-order chi connectivity index (χ0) is 44.5. The topological polar surface area (TPSA) is 43.6 Å². The molecular formula is C63H42N4. The summed E-state index contributed by atoms with van der Waals surface area (Å²) >= 11 is 0. The molecule has 0 spiro atoms. The summed E-state index contributed by atoms with van der Waals surface area (Å²) in [7, 11) is 0. The molecule has 0 aliphatic heterocycles. The van der Waals surface area contributed by atoms with Crippen LogP contribution in [-0.2, 0) is 0 Å². The van der Waals surface area contributed by atoms with Gasteiger partial charge in [0.25, 0.3) is 0 Å². The Morgan fingerprint density at radius 1 is 0.224 bits per heavy atom. The molecule has 0 saturated heterocycles. The SMILES string of the molecule is c1ccc(-c2ccc(-c3cc(-c4nc(-c5ccccc5)nc(-c5ccccc5)n4)cc(-c4ccc(-c5ccccc5)cc4)c3-n3c4ccccc4c4cc(-c5ccccc5)ccc43)cc2)cc1. The predicted octanol–water partition coefficient (Wildman–Crippen LogP) is 16.3. The van der Waals surface area contributed by atoms with Gasteiger partial charge in [-0.3, -0.25) is 0 Å². The summed E-state index contributed by atoms with van der Waals surface area (Å²) in [5.41, 5.74) is 17.3. The van der Waals surface area contributed by atoms with Gasteiger partial charge in [-0.1, -0.05) is 224 Å². The van der Waals surface area contributed by atoms with Gasteiger partial charge >= 0.3 is 0 Å². The molecule has 0 unspecified atom stereocenters. The minimum atomic E-state index is 0.596. The Morgan fingerprint density at radius 2 is 0.552 bits per heavy atom. The van der Waals surface area contributed by atoms with Crippen molar-refractivity contribution in [2.45, 2.75) is 0 Å². The Labute approximate surface area is 389 Å². The zero-order valence-electron chi connectivity index (χ0n) is 36.5. The van der Waals surface area contributed by atoms with E-state index in [-0.39, 0.29) is 0 Å². The Kier molecular flexibility index (Phi) is 10.2. The van der Waals surface area contributed by atoms with Crippen molar-refractivity contribution in [3.05, 3.63) is 255 Å². The average Bonchev–Trinajstić information content (AvgIpc) is 3.75. The minimum Gasteiger partial charge on any atom is -0.308 e. The van der Waals surface area contributed by atoms with E-state index in [0.29, 0.717) is 17.5 Å². The molecule has 314 valence electrons. The first-order valence-corrected chi connectivity index (χ1v) is 22.7. The van der Waals surface area contributed by atoms with Gasteiger partial charge in [0.1, 0.15) is 0 Å². The summed E-state index contributed by atoms with van der Waals surface area (Å²) in [5.74, 6) is 1.83. The van der Waals surface area contributed by atoms with Crippen LogP contribution in [0.5, 0.6) is 0 Å². The molecule has 67 heavy (non-hydrogen) atoms. The lowest BCUT2D eigenvalue weighted by atomic mass is 9.91. The number of benzene rings is 10. The van der Waals surface area contributed by atoms with E-state index in [0.717, 1.165) is 66.8 Å². The van der Waals surface area contributed by atoms with Crippen molar-refractivity contribution >= 4 is 21.8 Å². The lowest BCUT2D eigenvalue weighted by Gasteiger charge is -2.21. The van der Waals surface area contributed by atoms with Crippen LogP contribution in [0.25, 0.3) is 117 Å². The molecule has 4 nitrogen and oxygen atoms in total. The monoisotopic (exact) mass is 854 g/mol. The quantitative estimate of drug-likeness (QED) is 0.145. The van der Waals surface area contributed by atoms with Crippen LogP contribution >= 0.6 is 0 Å². The number of hydrogen-bond donors (Lipinski definition) is 0. The first kappa shape index (κ1) is 39.6. The molecule has 2 heterocycles. The van der Waals surface area contributed by atoms with Crippen LogP contribution in [-0.4, -0.2) is 19.5 Å². The summed E-state index contributed by atoms with van der Waals surface area (Å²) in [6, 6.07) is 90.4. The van der Waals surface area contributed by atoms with Gasteiger partial charge in [0.2, 0.25) is 0 Å². The summed E-state index contributed by atoms with van der Waals surface area (Å²) < 4.78 is 2.47. The number of para-hydroxylation sites is 1. The van der Waals surface area contributed by atoms with Crippen LogP contribution in [0.3, 0.4) is 0 Å². The maximum absolute atomic E-state index is 5.28. The van der Waals surface area contributed by atoms with Gasteiger partial charge < -0.3 is 4.57 Å². The molecule has 12 rings (SSSR count). The first-order valence-electron chi connectivity index (χ1n) is 22.7. The predicted molar refractivity (Wildman–Crippen MR) is 278 cm³/mol. The summed E-state index contributed by atoms with van der Waals surface area (Å²) in [5, 5.41) is 2.38. The normalized spacial score (nSPS) is 11.3. The highest BCUT2D eigenvalue weighted by Crippen LogP contribution is 2.45. The molecule has 0 bridgehead atoms. The molecule has 0 atom stereocenters. The third-order valence-corrected chi connectivity index (χ3v) is 12.7. The van der Waals surface area contributed by atoms with E-state index in [1.54, 1.807) is 0 Å². The number of nitrogens with zero attached hydrogens (tertiary/aromatic N) is 4. The highest BCUT2D eigenvalue weighted by Gasteiger charge is 2.24. The fourth-order valence-corrected chi connectivity index (χ4v) is 9.35. The van der Waals surface area contributed by atoms with Crippen molar-refractivity contribution in [1.82, 2.24) is 19.5 Å². The van der Waals surface area contributed by atoms with E-state index >= 15 is 0 Å². The molecule has 0 fully saturated rings. The second-order valence-corrected chi connectivity index (χ2v) is 16.8. The number of aromatic nitrogens is 4. The standard InChI is InChI=1S/C63H42N4/c1-6-18-43(19-7-1)46-30-34-48(35-31-46)55-41-53(63-65-61(50-24-12-4-13-25-50)64-62(66-63)51-26-14-5-15-27-51)42-56(49-36-32-47(33-37-49)44-20-8-2-9-21-44)60(55)67-58-29-17-16-28-54(58)57-40-52(38-39-59(57)67)45-22-10-3-11-23-45/h1-42H. The van der Waals surface area contributed by atoms with Crippen molar-refractivity contribution < 1.29 is 0 Å². The molecule has 0 aliphatic rings. The summed E-state index contributed by atoms with van der Waals surface area (Å²) in [6.07, 6.45) is 0. The number of fused-ring (bicyclic) bond motifs is 3. The van der Waals surface area contributed by atoms with Crippen LogP contribution in [0.4, 0.5) is 0 Å². The first-order chi connectivity index (χ1) is 33.2. The Hall–Kier alpha value is -8.99. The fraction of sp³-hybridized carbons (Fsp3) is 0.